The van der Waals surface area contributed by atoms with Crippen molar-refractivity contribution >= 4 is 23.2 Å². The molecule has 0 bridgehead atoms. The second kappa shape index (κ2) is 3.70. The summed E-state index contributed by atoms with van der Waals surface area (Å²) in [6, 6.07) is 0. The Balaban J connectivity index is 0.000000120. The summed E-state index contributed by atoms with van der Waals surface area (Å²) in [5, 5.41) is 0. The molecule has 2 aliphatic rings. The molecule has 2 saturated heterocycles. The Morgan fingerprint density at radius 3 is 1.25 bits per heavy atom. The Morgan fingerprint density at radius 2 is 1.25 bits per heavy atom. The van der Waals surface area contributed by atoms with Crippen LogP contribution in [0.3, 0.4) is 0 Å². The van der Waals surface area contributed by atoms with Gasteiger partial charge in [0.15, 0.2) is 0 Å². The quantitative estimate of drug-likeness (QED) is 0.518. The molecule has 2 nitrogen and oxygen atoms in total. The van der Waals surface area contributed by atoms with Gasteiger partial charge in [-0.2, -0.15) is 0 Å². The minimum absolute atomic E-state index is 0.0571. The molecule has 0 spiro atoms. The molecule has 0 aromatic rings. The normalized spacial score (nSPS) is 43.0. The van der Waals surface area contributed by atoms with Crippen molar-refractivity contribution in [3.8, 4) is 0 Å². The maximum absolute atomic E-state index is 5.42. The van der Waals surface area contributed by atoms with Gasteiger partial charge in [-0.3, -0.25) is 0 Å². The van der Waals surface area contributed by atoms with Crippen LogP contribution in [0.2, 0.25) is 0 Å². The fraction of sp³-hybridized carbons (Fsp3) is 1.00. The van der Waals surface area contributed by atoms with Crippen LogP contribution in [-0.2, 0) is 9.47 Å². The third-order valence-corrected chi connectivity index (χ3v) is 2.97. The molecule has 2 unspecified atom stereocenters. The van der Waals surface area contributed by atoms with Gasteiger partial charge < -0.3 is 9.47 Å². The Kier molecular flexibility index (Phi) is 3.27. The van der Waals surface area contributed by atoms with Crippen molar-refractivity contribution < 1.29 is 9.47 Å². The van der Waals surface area contributed by atoms with E-state index in [4.69, 9.17) is 32.7 Å². The van der Waals surface area contributed by atoms with E-state index in [1.807, 2.05) is 13.8 Å². The fourth-order valence-corrected chi connectivity index (χ4v) is 0.709. The maximum atomic E-state index is 5.42. The first-order valence-corrected chi connectivity index (χ1v) is 5.00. The summed E-state index contributed by atoms with van der Waals surface area (Å²) in [6.45, 7) is 5.69. The van der Waals surface area contributed by atoms with Gasteiger partial charge in [0.05, 0.1) is 25.0 Å². The van der Waals surface area contributed by atoms with Gasteiger partial charge in [0, 0.05) is 0 Å². The number of rotatable bonds is 2. The molecule has 2 fully saturated rings. The lowest BCUT2D eigenvalue weighted by atomic mass is 10.3. The van der Waals surface area contributed by atoms with E-state index in [1.54, 1.807) is 0 Å². The Morgan fingerprint density at radius 1 is 1.00 bits per heavy atom. The molecular weight excluding hydrogens is 199 g/mol. The molecule has 72 valence electrons. The van der Waals surface area contributed by atoms with E-state index in [1.165, 1.54) is 0 Å². The van der Waals surface area contributed by atoms with Crippen LogP contribution in [0, 0.1) is 0 Å². The Labute approximate surface area is 83.1 Å². The highest BCUT2D eigenvalue weighted by Gasteiger charge is 2.38. The molecule has 0 radical (unpaired) electrons. The standard InChI is InChI=1S/2C4H7ClO/c2*1-4(2-5)3-6-4/h2*2-3H2,1H3. The fourth-order valence-electron chi connectivity index (χ4n) is 0.401. The van der Waals surface area contributed by atoms with Crippen LogP contribution in [0.25, 0.3) is 0 Å². The molecule has 0 aliphatic carbocycles. The Hall–Kier alpha value is 0.500. The highest BCUT2D eigenvalue weighted by molar-refractivity contribution is 6.19. The van der Waals surface area contributed by atoms with Gasteiger partial charge in [-0.1, -0.05) is 0 Å². The number of hydrogen-bond donors (Lipinski definition) is 0. The van der Waals surface area contributed by atoms with Crippen LogP contribution in [0.15, 0.2) is 0 Å². The third-order valence-electron chi connectivity index (χ3n) is 1.84. The average Bonchev–Trinajstić information content (AvgIpc) is 2.95. The zero-order chi connectivity index (χ0) is 9.24. The van der Waals surface area contributed by atoms with E-state index in [0.29, 0.717) is 11.8 Å². The Bertz CT molecular complexity index is 135. The summed E-state index contributed by atoms with van der Waals surface area (Å²) in [5.41, 5.74) is 0.114. The molecule has 2 heterocycles. The second-order valence-corrected chi connectivity index (χ2v) is 4.28. The number of alkyl halides is 2. The molecule has 0 amide bonds. The number of halogens is 2. The first kappa shape index (κ1) is 10.6. The molecule has 0 aromatic carbocycles. The van der Waals surface area contributed by atoms with Crippen molar-refractivity contribution in [2.45, 2.75) is 25.0 Å². The molecule has 0 aromatic heterocycles. The average molecular weight is 213 g/mol. The number of epoxide rings is 2. The van der Waals surface area contributed by atoms with E-state index in [2.05, 4.69) is 0 Å². The summed E-state index contributed by atoms with van der Waals surface area (Å²) in [5.74, 6) is 1.26. The predicted molar refractivity (Wildman–Crippen MR) is 50.2 cm³/mol. The van der Waals surface area contributed by atoms with Gasteiger partial charge in [-0.15, -0.1) is 23.2 Å². The van der Waals surface area contributed by atoms with Gasteiger partial charge in [0.2, 0.25) is 0 Å². The summed E-state index contributed by atoms with van der Waals surface area (Å²) in [7, 11) is 0. The largest absolute Gasteiger partial charge is 0.369 e. The minimum Gasteiger partial charge on any atom is -0.369 e. The molecule has 0 N–H and O–H groups in total. The van der Waals surface area contributed by atoms with E-state index >= 15 is 0 Å². The molecule has 12 heavy (non-hydrogen) atoms. The van der Waals surface area contributed by atoms with Crippen molar-refractivity contribution in [1.29, 1.82) is 0 Å². The predicted octanol–water partition coefficient (Wildman–Crippen LogP) is 2.03. The molecule has 2 aliphatic heterocycles. The summed E-state index contributed by atoms with van der Waals surface area (Å²) >= 11 is 10.8. The van der Waals surface area contributed by atoms with Crippen molar-refractivity contribution in [2.75, 3.05) is 25.0 Å². The molecular formula is C8H14Cl2O2. The van der Waals surface area contributed by atoms with Gasteiger partial charge in [-0.25, -0.2) is 0 Å². The summed E-state index contributed by atoms with van der Waals surface area (Å²) in [4.78, 5) is 0. The van der Waals surface area contributed by atoms with Crippen molar-refractivity contribution in [3.63, 3.8) is 0 Å². The van der Waals surface area contributed by atoms with Gasteiger partial charge in [0.25, 0.3) is 0 Å². The van der Waals surface area contributed by atoms with E-state index in [0.717, 1.165) is 13.2 Å². The number of ether oxygens (including phenoxy) is 2. The van der Waals surface area contributed by atoms with Crippen LogP contribution < -0.4 is 0 Å². The van der Waals surface area contributed by atoms with E-state index < -0.39 is 0 Å². The summed E-state index contributed by atoms with van der Waals surface area (Å²) in [6.07, 6.45) is 0. The van der Waals surface area contributed by atoms with Crippen LogP contribution in [-0.4, -0.2) is 36.2 Å². The second-order valence-electron chi connectivity index (χ2n) is 3.74. The lowest BCUT2D eigenvalue weighted by Crippen LogP contribution is -2.04. The lowest BCUT2D eigenvalue weighted by Gasteiger charge is -1.90. The first-order valence-electron chi connectivity index (χ1n) is 3.93. The van der Waals surface area contributed by atoms with Crippen molar-refractivity contribution in [3.05, 3.63) is 0 Å². The zero-order valence-electron chi connectivity index (χ0n) is 7.40. The maximum Gasteiger partial charge on any atom is 0.102 e. The molecule has 2 rings (SSSR count). The zero-order valence-corrected chi connectivity index (χ0v) is 8.91. The topological polar surface area (TPSA) is 25.1 Å². The molecule has 4 heteroatoms. The monoisotopic (exact) mass is 212 g/mol. The van der Waals surface area contributed by atoms with Crippen LogP contribution >= 0.6 is 23.2 Å². The number of hydrogen-bond acceptors (Lipinski definition) is 2. The van der Waals surface area contributed by atoms with Gasteiger partial charge in [-0.05, 0) is 13.8 Å². The van der Waals surface area contributed by atoms with Gasteiger partial charge >= 0.3 is 0 Å². The van der Waals surface area contributed by atoms with Crippen LogP contribution in [0.4, 0.5) is 0 Å². The van der Waals surface area contributed by atoms with Crippen LogP contribution in [0.5, 0.6) is 0 Å². The molecule has 2 atom stereocenters. The van der Waals surface area contributed by atoms with Crippen molar-refractivity contribution in [1.82, 2.24) is 0 Å². The molecule has 0 saturated carbocycles. The highest BCUT2D eigenvalue weighted by Crippen LogP contribution is 2.26. The van der Waals surface area contributed by atoms with Gasteiger partial charge in [0.1, 0.15) is 11.2 Å². The summed E-state index contributed by atoms with van der Waals surface area (Å²) < 4.78 is 9.83. The van der Waals surface area contributed by atoms with Crippen molar-refractivity contribution in [2.24, 2.45) is 0 Å². The van der Waals surface area contributed by atoms with E-state index in [9.17, 15) is 0 Å². The first-order chi connectivity index (χ1) is 5.54. The minimum atomic E-state index is 0.0571. The van der Waals surface area contributed by atoms with E-state index in [-0.39, 0.29) is 11.2 Å². The highest BCUT2D eigenvalue weighted by atomic mass is 35.5. The SMILES string of the molecule is CC1(CCl)CO1.CC1(CCl)CO1. The smallest absolute Gasteiger partial charge is 0.102 e. The van der Waals surface area contributed by atoms with Crippen LogP contribution in [0.1, 0.15) is 13.8 Å². The lowest BCUT2D eigenvalue weighted by molar-refractivity contribution is 0.346. The third kappa shape index (κ3) is 3.48.